The molecule has 6 nitrogen and oxygen atoms in total. The highest BCUT2D eigenvalue weighted by Gasteiger charge is 2.12. The number of carbonyl (C=O) groups excluding carboxylic acids is 1. The number of anilines is 1. The first-order chi connectivity index (χ1) is 7.69. The highest BCUT2D eigenvalue weighted by molar-refractivity contribution is 7.15. The number of nitrogens with zero attached hydrogens (tertiary/aromatic N) is 3. The Balaban J connectivity index is 2.08. The number of hydrogen-bond acceptors (Lipinski definition) is 7. The number of carbonyl (C=O) groups is 1. The fraction of sp³-hybridized carbons (Fsp3) is 0.250. The number of aromatic nitrogens is 3. The molecule has 8 heteroatoms. The van der Waals surface area contributed by atoms with Crippen LogP contribution < -0.4 is 11.1 Å². The van der Waals surface area contributed by atoms with Gasteiger partial charge in [-0.1, -0.05) is 11.3 Å². The molecule has 2 aromatic heterocycles. The van der Waals surface area contributed by atoms with E-state index in [1.807, 2.05) is 6.92 Å². The SMILES string of the molecule is Cc1nnc(NC(=O)c2csc(CN)n2)s1. The van der Waals surface area contributed by atoms with E-state index in [0.717, 1.165) is 10.0 Å². The van der Waals surface area contributed by atoms with Crippen LogP contribution in [0.15, 0.2) is 5.38 Å². The molecule has 3 N–H and O–H groups in total. The van der Waals surface area contributed by atoms with Crippen LogP contribution in [0.2, 0.25) is 0 Å². The van der Waals surface area contributed by atoms with Crippen LogP contribution in [0.25, 0.3) is 0 Å². The molecule has 2 aromatic rings. The lowest BCUT2D eigenvalue weighted by Crippen LogP contribution is -2.12. The molecule has 1 amide bonds. The van der Waals surface area contributed by atoms with E-state index in [4.69, 9.17) is 5.73 Å². The minimum absolute atomic E-state index is 0.285. The molecule has 2 heterocycles. The molecule has 0 saturated carbocycles. The second-order valence-electron chi connectivity index (χ2n) is 2.91. The van der Waals surface area contributed by atoms with Gasteiger partial charge in [-0.2, -0.15) is 0 Å². The Morgan fingerprint density at radius 1 is 1.56 bits per heavy atom. The van der Waals surface area contributed by atoms with Crippen LogP contribution in [0.1, 0.15) is 20.5 Å². The maximum atomic E-state index is 11.7. The van der Waals surface area contributed by atoms with Crippen LogP contribution >= 0.6 is 22.7 Å². The number of hydrogen-bond donors (Lipinski definition) is 2. The van der Waals surface area contributed by atoms with E-state index < -0.39 is 0 Å². The van der Waals surface area contributed by atoms with E-state index >= 15 is 0 Å². The number of aryl methyl sites for hydroxylation is 1. The monoisotopic (exact) mass is 255 g/mol. The van der Waals surface area contributed by atoms with Gasteiger partial charge in [-0.25, -0.2) is 4.98 Å². The standard InChI is InChI=1S/C8H9N5OS2/c1-4-12-13-8(16-4)11-7(14)5-3-15-6(2-9)10-5/h3H,2,9H2,1H3,(H,11,13,14). The van der Waals surface area contributed by atoms with Gasteiger partial charge in [0, 0.05) is 11.9 Å². The van der Waals surface area contributed by atoms with Gasteiger partial charge < -0.3 is 5.73 Å². The molecule has 0 fully saturated rings. The predicted octanol–water partition coefficient (Wildman–Crippen LogP) is 1.01. The van der Waals surface area contributed by atoms with Crippen LogP contribution in [-0.2, 0) is 6.54 Å². The zero-order chi connectivity index (χ0) is 11.5. The van der Waals surface area contributed by atoms with Crippen molar-refractivity contribution in [2.45, 2.75) is 13.5 Å². The highest BCUT2D eigenvalue weighted by Crippen LogP contribution is 2.16. The van der Waals surface area contributed by atoms with Gasteiger partial charge >= 0.3 is 0 Å². The largest absolute Gasteiger partial charge is 0.325 e. The number of nitrogens with two attached hydrogens (primary N) is 1. The molecule has 2 rings (SSSR count). The predicted molar refractivity (Wildman–Crippen MR) is 62.6 cm³/mol. The van der Waals surface area contributed by atoms with Crippen molar-refractivity contribution >= 4 is 33.7 Å². The first-order valence-electron chi connectivity index (χ1n) is 4.45. The molecule has 0 radical (unpaired) electrons. The third-order valence-corrected chi connectivity index (χ3v) is 3.33. The molecule has 84 valence electrons. The summed E-state index contributed by atoms with van der Waals surface area (Å²) in [4.78, 5) is 15.8. The fourth-order valence-corrected chi connectivity index (χ4v) is 2.26. The van der Waals surface area contributed by atoms with Crippen LogP contribution in [0.5, 0.6) is 0 Å². The van der Waals surface area contributed by atoms with Crippen LogP contribution in [-0.4, -0.2) is 21.1 Å². The van der Waals surface area contributed by atoms with Gasteiger partial charge in [0.2, 0.25) is 5.13 Å². The van der Waals surface area contributed by atoms with Crippen LogP contribution in [0, 0.1) is 6.92 Å². The first kappa shape index (κ1) is 11.1. The lowest BCUT2D eigenvalue weighted by molar-refractivity contribution is 0.102. The molecular weight excluding hydrogens is 246 g/mol. The summed E-state index contributed by atoms with van der Waals surface area (Å²) in [5, 5.41) is 13.9. The summed E-state index contributed by atoms with van der Waals surface area (Å²) in [6.45, 7) is 2.17. The van der Waals surface area contributed by atoms with Crippen molar-refractivity contribution in [1.29, 1.82) is 0 Å². The molecule has 0 aliphatic rings. The number of nitrogens with one attached hydrogen (secondary N) is 1. The van der Waals surface area contributed by atoms with E-state index in [1.165, 1.54) is 22.7 Å². The molecule has 16 heavy (non-hydrogen) atoms. The van der Waals surface area contributed by atoms with Crippen molar-refractivity contribution in [2.24, 2.45) is 5.73 Å². The van der Waals surface area contributed by atoms with Crippen molar-refractivity contribution in [3.63, 3.8) is 0 Å². The molecule has 0 spiro atoms. The Hall–Kier alpha value is -1.38. The zero-order valence-corrected chi connectivity index (χ0v) is 10.1. The summed E-state index contributed by atoms with van der Waals surface area (Å²) in [5.74, 6) is -0.285. The van der Waals surface area contributed by atoms with Gasteiger partial charge in [-0.15, -0.1) is 21.5 Å². The number of amides is 1. The summed E-state index contributed by atoms with van der Waals surface area (Å²) in [5.41, 5.74) is 5.77. The zero-order valence-electron chi connectivity index (χ0n) is 8.43. The maximum Gasteiger partial charge on any atom is 0.276 e. The minimum Gasteiger partial charge on any atom is -0.325 e. The van der Waals surface area contributed by atoms with E-state index in [1.54, 1.807) is 5.38 Å². The molecule has 0 atom stereocenters. The fourth-order valence-electron chi connectivity index (χ4n) is 1.02. The Morgan fingerprint density at radius 3 is 2.94 bits per heavy atom. The van der Waals surface area contributed by atoms with Crippen LogP contribution in [0.4, 0.5) is 5.13 Å². The normalized spacial score (nSPS) is 10.4. The lowest BCUT2D eigenvalue weighted by atomic mass is 10.4. The van der Waals surface area contributed by atoms with E-state index in [9.17, 15) is 4.79 Å². The van der Waals surface area contributed by atoms with E-state index in [-0.39, 0.29) is 5.91 Å². The average molecular weight is 255 g/mol. The third-order valence-electron chi connectivity index (χ3n) is 1.71. The quantitative estimate of drug-likeness (QED) is 0.853. The molecular formula is C8H9N5OS2. The summed E-state index contributed by atoms with van der Waals surface area (Å²) in [6.07, 6.45) is 0. The third kappa shape index (κ3) is 2.40. The van der Waals surface area contributed by atoms with Crippen LogP contribution in [0.3, 0.4) is 0 Å². The highest BCUT2D eigenvalue weighted by atomic mass is 32.1. The number of rotatable bonds is 3. The maximum absolute atomic E-state index is 11.7. The molecule has 0 aliphatic heterocycles. The average Bonchev–Trinajstić information content (AvgIpc) is 2.87. The number of thiazole rings is 1. The summed E-state index contributed by atoms with van der Waals surface area (Å²) < 4.78 is 0. The van der Waals surface area contributed by atoms with Gasteiger partial charge in [-0.05, 0) is 6.92 Å². The van der Waals surface area contributed by atoms with E-state index in [2.05, 4.69) is 20.5 Å². The van der Waals surface area contributed by atoms with Gasteiger partial charge in [0.15, 0.2) is 0 Å². The topological polar surface area (TPSA) is 93.8 Å². The summed E-state index contributed by atoms with van der Waals surface area (Å²) in [6, 6.07) is 0. The Labute approximate surface area is 99.5 Å². The van der Waals surface area contributed by atoms with Crippen molar-refractivity contribution in [3.05, 3.63) is 21.1 Å². The van der Waals surface area contributed by atoms with Gasteiger partial charge in [0.25, 0.3) is 5.91 Å². The summed E-state index contributed by atoms with van der Waals surface area (Å²) in [7, 11) is 0. The smallest absolute Gasteiger partial charge is 0.276 e. The lowest BCUT2D eigenvalue weighted by Gasteiger charge is -1.95. The Kier molecular flexibility index (Phi) is 3.22. The van der Waals surface area contributed by atoms with Gasteiger partial charge in [-0.3, -0.25) is 10.1 Å². The molecule has 0 aromatic carbocycles. The Bertz CT molecular complexity index is 506. The van der Waals surface area contributed by atoms with Crippen molar-refractivity contribution < 1.29 is 4.79 Å². The molecule has 0 saturated heterocycles. The Morgan fingerprint density at radius 2 is 2.38 bits per heavy atom. The molecule has 0 bridgehead atoms. The van der Waals surface area contributed by atoms with Crippen molar-refractivity contribution in [3.8, 4) is 0 Å². The first-order valence-corrected chi connectivity index (χ1v) is 6.14. The summed E-state index contributed by atoms with van der Waals surface area (Å²) >= 11 is 2.68. The van der Waals surface area contributed by atoms with Gasteiger partial charge in [0.1, 0.15) is 15.7 Å². The van der Waals surface area contributed by atoms with E-state index in [0.29, 0.717) is 17.4 Å². The second kappa shape index (κ2) is 4.64. The van der Waals surface area contributed by atoms with Crippen molar-refractivity contribution in [1.82, 2.24) is 15.2 Å². The minimum atomic E-state index is -0.285. The second-order valence-corrected chi connectivity index (χ2v) is 5.04. The molecule has 0 unspecified atom stereocenters. The molecule has 0 aliphatic carbocycles. The van der Waals surface area contributed by atoms with Crippen molar-refractivity contribution in [2.75, 3.05) is 5.32 Å². The van der Waals surface area contributed by atoms with Gasteiger partial charge in [0.05, 0.1) is 0 Å².